The smallest absolute Gasteiger partial charge is 0.306 e. The molecule has 0 aliphatic carbocycles. The molecule has 1 aromatic carbocycles. The molecule has 0 radical (unpaired) electrons. The quantitative estimate of drug-likeness (QED) is 0.750. The molecular formula is C20H28FNO4. The van der Waals surface area contributed by atoms with Crippen LogP contribution in [-0.2, 0) is 19.7 Å². The fourth-order valence-electron chi connectivity index (χ4n) is 3.06. The maximum absolute atomic E-state index is 13.6. The van der Waals surface area contributed by atoms with E-state index >= 15 is 0 Å². The maximum atomic E-state index is 13.6. The molecule has 0 unspecified atom stereocenters. The number of piperidine rings is 1. The van der Waals surface area contributed by atoms with Gasteiger partial charge in [0.15, 0.2) is 0 Å². The van der Waals surface area contributed by atoms with Gasteiger partial charge >= 0.3 is 5.97 Å². The lowest BCUT2D eigenvalue weighted by molar-refractivity contribution is -0.144. The van der Waals surface area contributed by atoms with Gasteiger partial charge in [-0.3, -0.25) is 9.59 Å². The molecule has 26 heavy (non-hydrogen) atoms. The molecule has 1 fully saturated rings. The second-order valence-electron chi connectivity index (χ2n) is 7.66. The Morgan fingerprint density at radius 2 is 1.85 bits per heavy atom. The summed E-state index contributed by atoms with van der Waals surface area (Å²) in [4.78, 5) is 25.1. The number of rotatable bonds is 5. The summed E-state index contributed by atoms with van der Waals surface area (Å²) in [6, 6.07) is 4.63. The molecule has 1 amide bonds. The van der Waals surface area contributed by atoms with E-state index in [0.29, 0.717) is 31.7 Å². The lowest BCUT2D eigenvalue weighted by Crippen LogP contribution is -2.42. The Bertz CT molecular complexity index is 646. The van der Waals surface area contributed by atoms with Crippen molar-refractivity contribution in [2.24, 2.45) is 0 Å². The van der Waals surface area contributed by atoms with Gasteiger partial charge in [-0.15, -0.1) is 0 Å². The summed E-state index contributed by atoms with van der Waals surface area (Å²) in [5, 5.41) is 0. The van der Waals surface area contributed by atoms with Crippen LogP contribution in [0.1, 0.15) is 52.0 Å². The van der Waals surface area contributed by atoms with Gasteiger partial charge in [0.25, 0.3) is 0 Å². The number of benzene rings is 1. The Morgan fingerprint density at radius 1 is 1.19 bits per heavy atom. The third-order valence-corrected chi connectivity index (χ3v) is 4.61. The van der Waals surface area contributed by atoms with E-state index in [1.165, 1.54) is 19.2 Å². The summed E-state index contributed by atoms with van der Waals surface area (Å²) in [5.74, 6) is 0.0243. The zero-order chi connectivity index (χ0) is 19.3. The summed E-state index contributed by atoms with van der Waals surface area (Å²) in [6.45, 7) is 7.26. The van der Waals surface area contributed by atoms with E-state index in [1.807, 2.05) is 20.8 Å². The van der Waals surface area contributed by atoms with Crippen LogP contribution < -0.4 is 4.74 Å². The number of methoxy groups -OCH3 is 1. The molecule has 2 rings (SSSR count). The molecule has 1 aliphatic rings. The lowest BCUT2D eigenvalue weighted by atomic mass is 9.86. The first-order valence-electron chi connectivity index (χ1n) is 9.02. The Morgan fingerprint density at radius 3 is 2.42 bits per heavy atom. The van der Waals surface area contributed by atoms with E-state index in [4.69, 9.17) is 4.74 Å². The lowest BCUT2D eigenvalue weighted by Gasteiger charge is -2.33. The van der Waals surface area contributed by atoms with E-state index in [-0.39, 0.29) is 42.1 Å². The largest absolute Gasteiger partial charge is 0.490 e. The highest BCUT2D eigenvalue weighted by molar-refractivity contribution is 5.81. The van der Waals surface area contributed by atoms with E-state index in [1.54, 1.807) is 11.0 Å². The van der Waals surface area contributed by atoms with E-state index in [2.05, 4.69) is 4.74 Å². The number of carbonyl (C=O) groups excluding carboxylic acids is 2. The van der Waals surface area contributed by atoms with E-state index in [0.717, 1.165) is 5.56 Å². The predicted octanol–water partition coefficient (Wildman–Crippen LogP) is 3.45. The van der Waals surface area contributed by atoms with E-state index in [9.17, 15) is 14.0 Å². The van der Waals surface area contributed by atoms with Gasteiger partial charge in [0.05, 0.1) is 13.5 Å². The standard InChI is InChI=1S/C20H28FNO4/c1-20(2,3)16-13-14(21)5-6-17(16)26-15-9-11-22(12-10-15)18(23)7-8-19(24)25-4/h5-6,13,15H,7-12H2,1-4H3. The molecule has 5 nitrogen and oxygen atoms in total. The molecule has 0 spiro atoms. The van der Waals surface area contributed by atoms with Gasteiger partial charge in [0.2, 0.25) is 5.91 Å². The van der Waals surface area contributed by atoms with Crippen molar-refractivity contribution >= 4 is 11.9 Å². The summed E-state index contributed by atoms with van der Waals surface area (Å²) in [6.07, 6.45) is 1.70. The van der Waals surface area contributed by atoms with Crippen LogP contribution in [0.5, 0.6) is 5.75 Å². The minimum absolute atomic E-state index is 0.00813. The van der Waals surface area contributed by atoms with Crippen molar-refractivity contribution in [2.75, 3.05) is 20.2 Å². The molecular weight excluding hydrogens is 337 g/mol. The highest BCUT2D eigenvalue weighted by Gasteiger charge is 2.26. The van der Waals surface area contributed by atoms with Crippen LogP contribution in [0, 0.1) is 5.82 Å². The molecule has 1 heterocycles. The van der Waals surface area contributed by atoms with Crippen molar-refractivity contribution in [1.29, 1.82) is 0 Å². The van der Waals surface area contributed by atoms with E-state index < -0.39 is 0 Å². The van der Waals surface area contributed by atoms with Crippen LogP contribution >= 0.6 is 0 Å². The van der Waals surface area contributed by atoms with Crippen LogP contribution in [0.2, 0.25) is 0 Å². The first kappa shape index (κ1) is 20.2. The highest BCUT2D eigenvalue weighted by atomic mass is 19.1. The first-order chi connectivity index (χ1) is 12.2. The molecule has 0 bridgehead atoms. The van der Waals surface area contributed by atoms with Gasteiger partial charge in [0.1, 0.15) is 17.7 Å². The molecule has 1 saturated heterocycles. The van der Waals surface area contributed by atoms with Gasteiger partial charge in [-0.05, 0) is 23.6 Å². The average molecular weight is 365 g/mol. The van der Waals surface area contributed by atoms with Gasteiger partial charge in [-0.1, -0.05) is 20.8 Å². The van der Waals surface area contributed by atoms with Gasteiger partial charge < -0.3 is 14.4 Å². The zero-order valence-electron chi connectivity index (χ0n) is 16.0. The van der Waals surface area contributed by atoms with Crippen molar-refractivity contribution < 1.29 is 23.5 Å². The molecule has 1 aromatic rings. The SMILES string of the molecule is COC(=O)CCC(=O)N1CCC(Oc2ccc(F)cc2C(C)(C)C)CC1. The fourth-order valence-corrected chi connectivity index (χ4v) is 3.06. The second kappa shape index (κ2) is 8.52. The third kappa shape index (κ3) is 5.44. The Kier molecular flexibility index (Phi) is 6.62. The Hall–Kier alpha value is -2.11. The average Bonchev–Trinajstić information content (AvgIpc) is 2.60. The molecule has 0 aromatic heterocycles. The van der Waals surface area contributed by atoms with Crippen LogP contribution in [0.25, 0.3) is 0 Å². The molecule has 0 atom stereocenters. The van der Waals surface area contributed by atoms with Crippen molar-refractivity contribution in [3.05, 3.63) is 29.6 Å². The molecule has 0 N–H and O–H groups in total. The van der Waals surface area contributed by atoms with Crippen LogP contribution in [0.3, 0.4) is 0 Å². The molecule has 1 aliphatic heterocycles. The topological polar surface area (TPSA) is 55.8 Å². The van der Waals surface area contributed by atoms with Gasteiger partial charge in [0, 0.05) is 37.9 Å². The maximum Gasteiger partial charge on any atom is 0.306 e. The Balaban J connectivity index is 1.91. The van der Waals surface area contributed by atoms with Crippen LogP contribution in [0.4, 0.5) is 4.39 Å². The molecule has 0 saturated carbocycles. The fraction of sp³-hybridized carbons (Fsp3) is 0.600. The van der Waals surface area contributed by atoms with Crippen molar-refractivity contribution in [3.8, 4) is 5.75 Å². The normalized spacial score (nSPS) is 15.7. The molecule has 6 heteroatoms. The number of nitrogens with zero attached hydrogens (tertiary/aromatic N) is 1. The number of halogens is 1. The predicted molar refractivity (Wildman–Crippen MR) is 96.6 cm³/mol. The number of amides is 1. The third-order valence-electron chi connectivity index (χ3n) is 4.61. The number of ether oxygens (including phenoxy) is 2. The molecule has 144 valence electrons. The number of likely N-dealkylation sites (tertiary alicyclic amines) is 1. The van der Waals surface area contributed by atoms with Gasteiger partial charge in [-0.25, -0.2) is 4.39 Å². The number of hydrogen-bond donors (Lipinski definition) is 0. The van der Waals surface area contributed by atoms with Crippen molar-refractivity contribution in [2.45, 2.75) is 58.0 Å². The monoisotopic (exact) mass is 365 g/mol. The summed E-state index contributed by atoms with van der Waals surface area (Å²) >= 11 is 0. The van der Waals surface area contributed by atoms with Gasteiger partial charge in [-0.2, -0.15) is 0 Å². The first-order valence-corrected chi connectivity index (χ1v) is 9.02. The summed E-state index contributed by atoms with van der Waals surface area (Å²) < 4.78 is 24.3. The number of carbonyl (C=O) groups is 2. The zero-order valence-corrected chi connectivity index (χ0v) is 16.0. The minimum Gasteiger partial charge on any atom is -0.490 e. The highest BCUT2D eigenvalue weighted by Crippen LogP contribution is 2.33. The summed E-state index contributed by atoms with van der Waals surface area (Å²) in [5.41, 5.74) is 0.621. The second-order valence-corrected chi connectivity index (χ2v) is 7.66. The van der Waals surface area contributed by atoms with Crippen LogP contribution in [-0.4, -0.2) is 43.1 Å². The minimum atomic E-state index is -0.373. The Labute approximate surface area is 154 Å². The van der Waals surface area contributed by atoms with Crippen LogP contribution in [0.15, 0.2) is 18.2 Å². The number of esters is 1. The van der Waals surface area contributed by atoms with Crippen molar-refractivity contribution in [1.82, 2.24) is 4.90 Å². The number of hydrogen-bond acceptors (Lipinski definition) is 4. The summed E-state index contributed by atoms with van der Waals surface area (Å²) in [7, 11) is 1.32. The van der Waals surface area contributed by atoms with Crippen molar-refractivity contribution in [3.63, 3.8) is 0 Å².